The molecule has 0 saturated heterocycles. The molecule has 0 aromatic rings. The van der Waals surface area contributed by atoms with Crippen LogP contribution in [0.3, 0.4) is 0 Å². The van der Waals surface area contributed by atoms with E-state index < -0.39 is 0 Å². The summed E-state index contributed by atoms with van der Waals surface area (Å²) >= 11 is 1.96. The summed E-state index contributed by atoms with van der Waals surface area (Å²) in [6.45, 7) is 0.956. The summed E-state index contributed by atoms with van der Waals surface area (Å²) in [4.78, 5) is 3.89. The molecule has 1 saturated carbocycles. The average Bonchev–Trinajstić information content (AvgIpc) is 2.63. The van der Waals surface area contributed by atoms with Gasteiger partial charge in [-0.25, -0.2) is 0 Å². The fourth-order valence-corrected chi connectivity index (χ4v) is 2.72. The van der Waals surface area contributed by atoms with E-state index in [2.05, 4.69) is 16.6 Å². The van der Waals surface area contributed by atoms with Crippen molar-refractivity contribution < 1.29 is 0 Å². The zero-order valence-corrected chi connectivity index (χ0v) is 9.28. The van der Waals surface area contributed by atoms with Gasteiger partial charge in [0.15, 0.2) is 5.96 Å². The number of nitrogens with one attached hydrogen (secondary N) is 1. The molecule has 1 aliphatic carbocycles. The predicted molar refractivity (Wildman–Crippen MR) is 60.3 cm³/mol. The quantitative estimate of drug-likeness (QED) is 0.533. The Balaban J connectivity index is 2.40. The molecule has 0 amide bonds. The van der Waals surface area contributed by atoms with Crippen molar-refractivity contribution >= 4 is 17.7 Å². The lowest BCUT2D eigenvalue weighted by Crippen LogP contribution is -2.41. The Kier molecular flexibility index (Phi) is 3.90. The van der Waals surface area contributed by atoms with Gasteiger partial charge in [-0.2, -0.15) is 11.8 Å². The van der Waals surface area contributed by atoms with Crippen LogP contribution in [-0.2, 0) is 0 Å². The fourth-order valence-electron chi connectivity index (χ4n) is 1.80. The Hall–Kier alpha value is -0.380. The number of guanidine groups is 1. The largest absolute Gasteiger partial charge is 0.370 e. The summed E-state index contributed by atoms with van der Waals surface area (Å²) in [7, 11) is 1.71. The van der Waals surface area contributed by atoms with Crippen molar-refractivity contribution in [3.05, 3.63) is 0 Å². The summed E-state index contributed by atoms with van der Waals surface area (Å²) in [5.74, 6) is 0.556. The highest BCUT2D eigenvalue weighted by Crippen LogP contribution is 2.39. The first kappa shape index (κ1) is 10.7. The molecule has 1 aliphatic rings. The van der Waals surface area contributed by atoms with E-state index in [0.29, 0.717) is 10.7 Å². The fraction of sp³-hybridized carbons (Fsp3) is 0.889. The number of hydrogen-bond donors (Lipinski definition) is 2. The molecule has 0 aromatic heterocycles. The molecule has 0 spiro atoms. The van der Waals surface area contributed by atoms with Gasteiger partial charge in [-0.15, -0.1) is 0 Å². The Morgan fingerprint density at radius 2 is 2.15 bits per heavy atom. The van der Waals surface area contributed by atoms with Crippen molar-refractivity contribution in [1.82, 2.24) is 5.32 Å². The molecule has 1 rings (SSSR count). The first-order valence-corrected chi connectivity index (χ1v) is 5.96. The Morgan fingerprint density at radius 3 is 2.62 bits per heavy atom. The normalized spacial score (nSPS) is 21.8. The van der Waals surface area contributed by atoms with Gasteiger partial charge < -0.3 is 11.1 Å². The molecule has 76 valence electrons. The smallest absolute Gasteiger partial charge is 0.188 e. The van der Waals surface area contributed by atoms with Crippen LogP contribution < -0.4 is 11.1 Å². The molecule has 13 heavy (non-hydrogen) atoms. The van der Waals surface area contributed by atoms with Crippen molar-refractivity contribution in [2.75, 3.05) is 19.8 Å². The second kappa shape index (κ2) is 4.74. The maximum Gasteiger partial charge on any atom is 0.188 e. The third kappa shape index (κ3) is 2.79. The predicted octanol–water partition coefficient (Wildman–Crippen LogP) is 1.20. The lowest BCUT2D eigenvalue weighted by Gasteiger charge is -2.27. The summed E-state index contributed by atoms with van der Waals surface area (Å²) < 4.78 is 0.412. The maximum absolute atomic E-state index is 5.59. The number of nitrogens with zero attached hydrogens (tertiary/aromatic N) is 1. The van der Waals surface area contributed by atoms with Crippen LogP contribution in [0, 0.1) is 0 Å². The number of rotatable bonds is 3. The molecular formula is C9H19N3S. The second-order valence-electron chi connectivity index (χ2n) is 3.56. The van der Waals surface area contributed by atoms with Gasteiger partial charge in [0.25, 0.3) is 0 Å². The summed E-state index contributed by atoms with van der Waals surface area (Å²) in [5.41, 5.74) is 5.59. The van der Waals surface area contributed by atoms with Gasteiger partial charge in [0.1, 0.15) is 0 Å². The molecule has 3 nitrogen and oxygen atoms in total. The molecule has 3 N–H and O–H groups in total. The van der Waals surface area contributed by atoms with Crippen LogP contribution in [-0.4, -0.2) is 30.6 Å². The summed E-state index contributed by atoms with van der Waals surface area (Å²) in [6.07, 6.45) is 7.50. The topological polar surface area (TPSA) is 50.4 Å². The molecule has 0 unspecified atom stereocenters. The lowest BCUT2D eigenvalue weighted by atomic mass is 10.1. The van der Waals surface area contributed by atoms with E-state index in [1.165, 1.54) is 25.7 Å². The third-order valence-electron chi connectivity index (χ3n) is 2.78. The van der Waals surface area contributed by atoms with Gasteiger partial charge in [0.2, 0.25) is 0 Å². The second-order valence-corrected chi connectivity index (χ2v) is 4.83. The van der Waals surface area contributed by atoms with Crippen LogP contribution >= 0.6 is 11.8 Å². The lowest BCUT2D eigenvalue weighted by molar-refractivity contribution is 0.589. The van der Waals surface area contributed by atoms with E-state index in [9.17, 15) is 0 Å². The van der Waals surface area contributed by atoms with Gasteiger partial charge in [0, 0.05) is 18.3 Å². The van der Waals surface area contributed by atoms with Crippen molar-refractivity contribution in [2.45, 2.75) is 30.4 Å². The molecule has 0 aliphatic heterocycles. The molecule has 4 heteroatoms. The van der Waals surface area contributed by atoms with E-state index >= 15 is 0 Å². The van der Waals surface area contributed by atoms with Crippen molar-refractivity contribution in [3.8, 4) is 0 Å². The van der Waals surface area contributed by atoms with Crippen LogP contribution in [0.5, 0.6) is 0 Å². The molecule has 0 bridgehead atoms. The van der Waals surface area contributed by atoms with Crippen LogP contribution in [0.1, 0.15) is 25.7 Å². The summed E-state index contributed by atoms with van der Waals surface area (Å²) in [5, 5.41) is 3.17. The van der Waals surface area contributed by atoms with E-state index in [1.807, 2.05) is 11.8 Å². The molecule has 0 aromatic carbocycles. The monoisotopic (exact) mass is 201 g/mol. The summed E-state index contributed by atoms with van der Waals surface area (Å²) in [6, 6.07) is 0. The Morgan fingerprint density at radius 1 is 1.54 bits per heavy atom. The number of thioether (sulfide) groups is 1. The number of nitrogens with two attached hydrogens (primary N) is 1. The van der Waals surface area contributed by atoms with Crippen molar-refractivity contribution in [3.63, 3.8) is 0 Å². The Labute approximate surface area is 84.6 Å². The molecule has 0 heterocycles. The zero-order valence-electron chi connectivity index (χ0n) is 8.47. The zero-order chi connectivity index (χ0) is 9.73. The van der Waals surface area contributed by atoms with Crippen LogP contribution in [0.2, 0.25) is 0 Å². The number of aliphatic imine (C=N–C) groups is 1. The van der Waals surface area contributed by atoms with Crippen LogP contribution in [0.15, 0.2) is 4.99 Å². The molecule has 0 radical (unpaired) electrons. The molecule has 0 atom stereocenters. The van der Waals surface area contributed by atoms with Gasteiger partial charge in [-0.3, -0.25) is 4.99 Å². The van der Waals surface area contributed by atoms with E-state index in [1.54, 1.807) is 7.05 Å². The van der Waals surface area contributed by atoms with E-state index in [-0.39, 0.29) is 0 Å². The van der Waals surface area contributed by atoms with Gasteiger partial charge in [0.05, 0.1) is 0 Å². The standard InChI is InChI=1S/C9H19N3S/c1-11-8(10)12-7-9(13-2)5-3-4-6-9/h3-7H2,1-2H3,(H3,10,11,12). The molecular weight excluding hydrogens is 182 g/mol. The minimum atomic E-state index is 0.412. The van der Waals surface area contributed by atoms with Crippen molar-refractivity contribution in [1.29, 1.82) is 0 Å². The first-order chi connectivity index (χ1) is 6.22. The third-order valence-corrected chi connectivity index (χ3v) is 4.20. The van der Waals surface area contributed by atoms with Crippen LogP contribution in [0.4, 0.5) is 0 Å². The van der Waals surface area contributed by atoms with E-state index in [4.69, 9.17) is 5.73 Å². The minimum Gasteiger partial charge on any atom is -0.370 e. The number of hydrogen-bond acceptors (Lipinski definition) is 2. The minimum absolute atomic E-state index is 0.412. The Bertz CT molecular complexity index is 185. The van der Waals surface area contributed by atoms with Gasteiger partial charge in [-0.1, -0.05) is 12.8 Å². The van der Waals surface area contributed by atoms with Gasteiger partial charge in [-0.05, 0) is 19.1 Å². The average molecular weight is 201 g/mol. The highest BCUT2D eigenvalue weighted by molar-refractivity contribution is 8.00. The highest BCUT2D eigenvalue weighted by atomic mass is 32.2. The van der Waals surface area contributed by atoms with Crippen molar-refractivity contribution in [2.24, 2.45) is 10.7 Å². The van der Waals surface area contributed by atoms with Crippen LogP contribution in [0.25, 0.3) is 0 Å². The highest BCUT2D eigenvalue weighted by Gasteiger charge is 2.32. The van der Waals surface area contributed by atoms with E-state index in [0.717, 1.165) is 6.54 Å². The first-order valence-electron chi connectivity index (χ1n) is 4.74. The SMILES string of the molecule is CN=C(N)NCC1(SC)CCCC1. The van der Waals surface area contributed by atoms with Gasteiger partial charge >= 0.3 is 0 Å². The molecule has 1 fully saturated rings. The maximum atomic E-state index is 5.59.